The number of carbonyl (C=O) groups is 2. The maximum atomic E-state index is 13.6. The summed E-state index contributed by atoms with van der Waals surface area (Å²) in [5, 5.41) is 13.9. The van der Waals surface area contributed by atoms with Gasteiger partial charge in [0.2, 0.25) is 12.1 Å². The number of aliphatic hydroxyl groups is 1. The van der Waals surface area contributed by atoms with Gasteiger partial charge in [0.05, 0.1) is 36.1 Å². The van der Waals surface area contributed by atoms with Gasteiger partial charge in [-0.15, -0.1) is 0 Å². The zero-order chi connectivity index (χ0) is 26.4. The summed E-state index contributed by atoms with van der Waals surface area (Å²) in [6, 6.07) is 17.3. The number of carbonyl (C=O) groups excluding carboxylic acids is 2. The quantitative estimate of drug-likeness (QED) is 0.531. The van der Waals surface area contributed by atoms with Gasteiger partial charge in [-0.05, 0) is 31.2 Å². The Labute approximate surface area is 219 Å². The summed E-state index contributed by atoms with van der Waals surface area (Å²) in [7, 11) is 1.70. The molecule has 0 saturated heterocycles. The highest BCUT2D eigenvalue weighted by Gasteiger charge is 2.35. The number of rotatable bonds is 9. The summed E-state index contributed by atoms with van der Waals surface area (Å²) in [6.07, 6.45) is 4.03. The second-order valence-corrected chi connectivity index (χ2v) is 10.6. The number of aliphatic hydroxyl groups excluding tert-OH is 1. The van der Waals surface area contributed by atoms with Crippen LogP contribution in [0.2, 0.25) is 0 Å². The molecule has 0 radical (unpaired) electrons. The number of nitrogens with one attached hydrogen (secondary N) is 1. The summed E-state index contributed by atoms with van der Waals surface area (Å²) < 4.78 is 5.99. The average Bonchev–Trinajstić information content (AvgIpc) is 3.02. The van der Waals surface area contributed by atoms with Crippen LogP contribution in [0.15, 0.2) is 59.6 Å². The molecule has 0 aromatic heterocycles. The Bertz CT molecular complexity index is 1100. The molecule has 37 heavy (non-hydrogen) atoms. The number of nitrogens with zero attached hydrogens (tertiary/aromatic N) is 2. The Morgan fingerprint density at radius 1 is 1.08 bits per heavy atom. The van der Waals surface area contributed by atoms with Crippen LogP contribution in [0.3, 0.4) is 0 Å². The van der Waals surface area contributed by atoms with E-state index in [2.05, 4.69) is 5.32 Å². The highest BCUT2D eigenvalue weighted by atomic mass is 16.5. The second-order valence-electron chi connectivity index (χ2n) is 10.6. The summed E-state index contributed by atoms with van der Waals surface area (Å²) in [5.41, 5.74) is 3.05. The largest absolute Gasteiger partial charge is 0.390 e. The number of para-hydroxylation sites is 1. The van der Waals surface area contributed by atoms with Crippen molar-refractivity contribution in [2.75, 3.05) is 18.6 Å². The molecular formula is C30H39N3O4. The van der Waals surface area contributed by atoms with Crippen LogP contribution < -0.4 is 10.2 Å². The Kier molecular flexibility index (Phi) is 9.11. The van der Waals surface area contributed by atoms with Crippen molar-refractivity contribution in [3.05, 3.63) is 65.7 Å². The van der Waals surface area contributed by atoms with Crippen molar-refractivity contribution in [2.45, 2.75) is 70.7 Å². The third-order valence-electron chi connectivity index (χ3n) is 7.25. The molecule has 2 aliphatic rings. The van der Waals surface area contributed by atoms with Crippen molar-refractivity contribution in [1.82, 2.24) is 5.32 Å². The van der Waals surface area contributed by atoms with E-state index >= 15 is 0 Å². The first-order chi connectivity index (χ1) is 17.8. The van der Waals surface area contributed by atoms with E-state index in [9.17, 15) is 14.7 Å². The van der Waals surface area contributed by atoms with Crippen LogP contribution in [-0.4, -0.2) is 54.7 Å². The number of hydrogen-bond acceptors (Lipinski definition) is 5. The minimum Gasteiger partial charge on any atom is -0.390 e. The predicted octanol–water partition coefficient (Wildman–Crippen LogP) is 4.32. The van der Waals surface area contributed by atoms with Gasteiger partial charge < -0.3 is 20.1 Å². The van der Waals surface area contributed by atoms with Crippen molar-refractivity contribution in [1.29, 1.82) is 0 Å². The number of benzene rings is 2. The highest BCUT2D eigenvalue weighted by molar-refractivity contribution is 6.20. The molecule has 1 aliphatic heterocycles. The van der Waals surface area contributed by atoms with E-state index in [1.165, 1.54) is 6.42 Å². The van der Waals surface area contributed by atoms with Crippen LogP contribution in [0.25, 0.3) is 0 Å². The van der Waals surface area contributed by atoms with E-state index in [0.29, 0.717) is 12.1 Å². The van der Waals surface area contributed by atoms with E-state index in [4.69, 9.17) is 9.73 Å². The van der Waals surface area contributed by atoms with Gasteiger partial charge in [-0.1, -0.05) is 81.6 Å². The molecule has 7 nitrogen and oxygen atoms in total. The predicted molar refractivity (Wildman–Crippen MR) is 146 cm³/mol. The number of amides is 2. The Hall–Kier alpha value is -3.03. The maximum absolute atomic E-state index is 13.6. The third kappa shape index (κ3) is 6.65. The van der Waals surface area contributed by atoms with Gasteiger partial charge in [-0.2, -0.15) is 0 Å². The lowest BCUT2D eigenvalue weighted by Gasteiger charge is -2.28. The number of benzodiazepines with no additional fused rings is 1. The monoisotopic (exact) mass is 505 g/mol. The topological polar surface area (TPSA) is 91.2 Å². The maximum Gasteiger partial charge on any atom is 0.272 e. The second kappa shape index (κ2) is 12.5. The summed E-state index contributed by atoms with van der Waals surface area (Å²) in [6.45, 7) is 4.14. The standard InChI is InChI=1S/C30H39N3O4/c1-20(2)18-24(26(34)19-37-22-14-8-5-9-15-22)29(35)32-28-30(36)33(3)25-17-11-10-16-23(25)27(31-28)21-12-6-4-7-13-21/h4,6-7,10-13,16-17,20,22,24,26,28,34H,5,8-9,14-15,18-19H2,1-3H3,(H,32,35)/t24-,26-,28?/m1/s1. The van der Waals surface area contributed by atoms with Crippen LogP contribution in [0, 0.1) is 11.8 Å². The third-order valence-corrected chi connectivity index (χ3v) is 7.25. The average molecular weight is 506 g/mol. The zero-order valence-electron chi connectivity index (χ0n) is 22.1. The van der Waals surface area contributed by atoms with Gasteiger partial charge in [-0.3, -0.25) is 9.59 Å². The van der Waals surface area contributed by atoms with Crippen LogP contribution in [-0.2, 0) is 14.3 Å². The lowest BCUT2D eigenvalue weighted by Crippen LogP contribution is -2.50. The molecule has 1 heterocycles. The lowest BCUT2D eigenvalue weighted by molar-refractivity contribution is -0.135. The molecule has 1 aliphatic carbocycles. The van der Waals surface area contributed by atoms with Gasteiger partial charge in [0.15, 0.2) is 0 Å². The molecule has 2 aromatic carbocycles. The van der Waals surface area contributed by atoms with Crippen molar-refractivity contribution in [2.24, 2.45) is 16.8 Å². The molecule has 7 heteroatoms. The van der Waals surface area contributed by atoms with E-state index in [1.54, 1.807) is 11.9 Å². The fourth-order valence-electron chi connectivity index (χ4n) is 5.21. The lowest BCUT2D eigenvalue weighted by atomic mass is 9.91. The Morgan fingerprint density at radius 3 is 2.46 bits per heavy atom. The fraction of sp³-hybridized carbons (Fsp3) is 0.500. The van der Waals surface area contributed by atoms with Gasteiger partial charge >= 0.3 is 0 Å². The number of fused-ring (bicyclic) bond motifs is 1. The van der Waals surface area contributed by atoms with E-state index in [0.717, 1.165) is 42.5 Å². The minimum atomic E-state index is -1.11. The first-order valence-electron chi connectivity index (χ1n) is 13.5. The molecule has 0 bridgehead atoms. The fourth-order valence-corrected chi connectivity index (χ4v) is 5.21. The summed E-state index contributed by atoms with van der Waals surface area (Å²) >= 11 is 0. The van der Waals surface area contributed by atoms with Gasteiger partial charge in [0.25, 0.3) is 5.91 Å². The van der Waals surface area contributed by atoms with Gasteiger partial charge in [-0.25, -0.2) is 4.99 Å². The molecule has 3 atom stereocenters. The van der Waals surface area contributed by atoms with Gasteiger partial charge in [0, 0.05) is 18.2 Å². The highest BCUT2D eigenvalue weighted by Crippen LogP contribution is 2.28. The van der Waals surface area contributed by atoms with E-state index < -0.39 is 18.2 Å². The van der Waals surface area contributed by atoms with Crippen LogP contribution in [0.5, 0.6) is 0 Å². The van der Waals surface area contributed by atoms with Gasteiger partial charge in [0.1, 0.15) is 0 Å². The van der Waals surface area contributed by atoms with Crippen LogP contribution in [0.4, 0.5) is 5.69 Å². The molecule has 1 saturated carbocycles. The molecule has 4 rings (SSSR count). The molecule has 198 valence electrons. The van der Waals surface area contributed by atoms with Crippen LogP contribution >= 0.6 is 0 Å². The number of aliphatic imine (C=N–C) groups is 1. The smallest absolute Gasteiger partial charge is 0.272 e. The first kappa shape index (κ1) is 27.0. The number of hydrogen-bond donors (Lipinski definition) is 2. The molecule has 2 N–H and O–H groups in total. The summed E-state index contributed by atoms with van der Waals surface area (Å²) in [4.78, 5) is 33.4. The van der Waals surface area contributed by atoms with E-state index in [-0.39, 0.29) is 30.4 Å². The molecule has 2 aromatic rings. The molecule has 2 amide bonds. The number of ether oxygens (including phenoxy) is 1. The summed E-state index contributed by atoms with van der Waals surface area (Å²) in [5.74, 6) is -1.24. The molecular weight excluding hydrogens is 466 g/mol. The minimum absolute atomic E-state index is 0.109. The Balaban J connectivity index is 1.58. The van der Waals surface area contributed by atoms with Crippen molar-refractivity contribution in [3.8, 4) is 0 Å². The van der Waals surface area contributed by atoms with E-state index in [1.807, 2.05) is 68.4 Å². The first-order valence-corrected chi connectivity index (χ1v) is 13.5. The number of anilines is 1. The SMILES string of the molecule is CC(C)C[C@@H](C(=O)NC1N=C(c2ccccc2)c2ccccc2N(C)C1=O)[C@H](O)COC1CCCCC1. The van der Waals surface area contributed by atoms with Crippen molar-refractivity contribution < 1.29 is 19.4 Å². The molecule has 1 unspecified atom stereocenters. The van der Waals surface area contributed by atoms with Crippen LogP contribution in [0.1, 0.15) is 63.5 Å². The molecule has 0 spiro atoms. The van der Waals surface area contributed by atoms with Crippen molar-refractivity contribution in [3.63, 3.8) is 0 Å². The zero-order valence-corrected chi connectivity index (χ0v) is 22.1. The molecule has 1 fully saturated rings. The number of likely N-dealkylation sites (N-methyl/N-ethyl adjacent to an activating group) is 1. The van der Waals surface area contributed by atoms with Crippen molar-refractivity contribution >= 4 is 23.2 Å². The Morgan fingerprint density at radius 2 is 1.76 bits per heavy atom. The normalized spacial score (nSPS) is 20.1.